The van der Waals surface area contributed by atoms with Gasteiger partial charge < -0.3 is 25.8 Å². The summed E-state index contributed by atoms with van der Waals surface area (Å²) in [5.74, 6) is -0.266. The van der Waals surface area contributed by atoms with Crippen LogP contribution in [-0.2, 0) is 4.74 Å². The first-order chi connectivity index (χ1) is 11.2. The lowest BCUT2D eigenvalue weighted by Crippen LogP contribution is -2.33. The topological polar surface area (TPSA) is 140 Å². The lowest BCUT2D eigenvalue weighted by atomic mass is 10.1. The van der Waals surface area contributed by atoms with Gasteiger partial charge in [0, 0.05) is 11.8 Å². The fourth-order valence-corrected chi connectivity index (χ4v) is 2.85. The molecule has 3 rings (SSSR count). The van der Waals surface area contributed by atoms with Crippen molar-refractivity contribution in [2.75, 3.05) is 12.3 Å². The molecule has 0 spiro atoms. The molecular formula is C11H12F3N5O4S. The van der Waals surface area contributed by atoms with Crippen molar-refractivity contribution >= 4 is 28.7 Å². The molecule has 0 aliphatic carbocycles. The van der Waals surface area contributed by atoms with Crippen LogP contribution in [0.1, 0.15) is 6.23 Å². The number of halogens is 3. The molecule has 0 saturated carbocycles. The Balaban J connectivity index is 2.03. The van der Waals surface area contributed by atoms with E-state index in [0.717, 1.165) is 10.9 Å². The molecular weight excluding hydrogens is 355 g/mol. The molecule has 9 nitrogen and oxygen atoms in total. The summed E-state index contributed by atoms with van der Waals surface area (Å²) in [6, 6.07) is 0. The van der Waals surface area contributed by atoms with Crippen LogP contribution in [0.25, 0.3) is 11.2 Å². The largest absolute Gasteiger partial charge is 0.449 e. The molecule has 0 aromatic carbocycles. The zero-order chi connectivity index (χ0) is 17.6. The summed E-state index contributed by atoms with van der Waals surface area (Å²) < 4.78 is 44.0. The number of aliphatic hydroxyl groups excluding tert-OH is 3. The number of ether oxygens (including phenoxy) is 1. The minimum absolute atomic E-state index is 0.0271. The van der Waals surface area contributed by atoms with Gasteiger partial charge in [-0.15, -0.1) is 0 Å². The number of nitrogen functional groups attached to an aromatic ring is 1. The van der Waals surface area contributed by atoms with Gasteiger partial charge in [0.05, 0.1) is 12.9 Å². The van der Waals surface area contributed by atoms with E-state index >= 15 is 0 Å². The standard InChI is InChI=1S/C11H12F3N5O4S/c12-11(13,14)24-10-17-7(15)4-8(18-10)19(2-16-4)9-6(22)5(21)3(1-20)23-9/h2-3,5-6,9,20-22H,1H2,(H2,15,17,18)/t3-,5+,6+,9-/m0/s1. The number of hydrogen-bond donors (Lipinski definition) is 4. The molecule has 3 heterocycles. The first-order valence-electron chi connectivity index (χ1n) is 6.59. The van der Waals surface area contributed by atoms with Crippen molar-refractivity contribution < 1.29 is 33.2 Å². The fraction of sp³-hybridized carbons (Fsp3) is 0.545. The lowest BCUT2D eigenvalue weighted by Gasteiger charge is -2.16. The van der Waals surface area contributed by atoms with Gasteiger partial charge in [-0.1, -0.05) is 0 Å². The lowest BCUT2D eigenvalue weighted by molar-refractivity contribution is -0.0511. The number of aromatic nitrogens is 4. The highest BCUT2D eigenvalue weighted by Gasteiger charge is 2.44. The number of alkyl halides is 3. The highest BCUT2D eigenvalue weighted by molar-refractivity contribution is 8.00. The first kappa shape index (κ1) is 17.2. The molecule has 4 atom stereocenters. The maximum absolute atomic E-state index is 12.5. The van der Waals surface area contributed by atoms with E-state index in [0.29, 0.717) is 0 Å². The average Bonchev–Trinajstić information content (AvgIpc) is 3.00. The van der Waals surface area contributed by atoms with Crippen LogP contribution in [0.3, 0.4) is 0 Å². The molecule has 1 saturated heterocycles. The first-order valence-corrected chi connectivity index (χ1v) is 7.41. The molecule has 2 aromatic heterocycles. The molecule has 0 amide bonds. The Morgan fingerprint density at radius 1 is 1.29 bits per heavy atom. The van der Waals surface area contributed by atoms with Gasteiger partial charge >= 0.3 is 5.51 Å². The summed E-state index contributed by atoms with van der Waals surface area (Å²) >= 11 is -0.545. The van der Waals surface area contributed by atoms with Gasteiger partial charge in [0.25, 0.3) is 0 Å². The molecule has 5 N–H and O–H groups in total. The van der Waals surface area contributed by atoms with Crippen molar-refractivity contribution in [1.82, 2.24) is 19.5 Å². The normalized spacial score (nSPS) is 27.9. The van der Waals surface area contributed by atoms with Crippen LogP contribution >= 0.6 is 11.8 Å². The second-order valence-corrected chi connectivity index (χ2v) is 6.02. The van der Waals surface area contributed by atoms with Crippen LogP contribution in [0.5, 0.6) is 0 Å². The van der Waals surface area contributed by atoms with Crippen molar-refractivity contribution in [3.63, 3.8) is 0 Å². The number of nitrogens with two attached hydrogens (primary N) is 1. The number of hydrogen-bond acceptors (Lipinski definition) is 9. The third kappa shape index (κ3) is 3.00. The van der Waals surface area contributed by atoms with Crippen LogP contribution in [0.4, 0.5) is 19.0 Å². The predicted molar refractivity (Wildman–Crippen MR) is 74.7 cm³/mol. The van der Waals surface area contributed by atoms with Gasteiger partial charge in [-0.25, -0.2) is 15.0 Å². The Hall–Kier alpha value is -1.67. The van der Waals surface area contributed by atoms with Crippen LogP contribution < -0.4 is 5.73 Å². The van der Waals surface area contributed by atoms with Crippen molar-refractivity contribution in [2.24, 2.45) is 0 Å². The quantitative estimate of drug-likeness (QED) is 0.423. The minimum Gasteiger partial charge on any atom is -0.394 e. The number of rotatable bonds is 3. The van der Waals surface area contributed by atoms with E-state index < -0.39 is 53.6 Å². The average molecular weight is 367 g/mol. The monoisotopic (exact) mass is 367 g/mol. The van der Waals surface area contributed by atoms with Gasteiger partial charge in [0.15, 0.2) is 22.8 Å². The number of thioether (sulfide) groups is 1. The van der Waals surface area contributed by atoms with E-state index in [2.05, 4.69) is 15.0 Å². The highest BCUT2D eigenvalue weighted by Crippen LogP contribution is 2.37. The molecule has 13 heteroatoms. The smallest absolute Gasteiger partial charge is 0.394 e. The summed E-state index contributed by atoms with van der Waals surface area (Å²) in [5, 5.41) is 28.3. The third-order valence-electron chi connectivity index (χ3n) is 3.43. The number of nitrogens with zero attached hydrogens (tertiary/aromatic N) is 4. The zero-order valence-electron chi connectivity index (χ0n) is 11.8. The Morgan fingerprint density at radius 2 is 2.00 bits per heavy atom. The maximum atomic E-state index is 12.5. The van der Waals surface area contributed by atoms with E-state index in [-0.39, 0.29) is 17.0 Å². The molecule has 24 heavy (non-hydrogen) atoms. The van der Waals surface area contributed by atoms with Gasteiger partial charge in [-0.2, -0.15) is 13.2 Å². The predicted octanol–water partition coefficient (Wildman–Crippen LogP) is -0.368. The van der Waals surface area contributed by atoms with Crippen molar-refractivity contribution in [3.05, 3.63) is 6.33 Å². The minimum atomic E-state index is -4.60. The van der Waals surface area contributed by atoms with Crippen LogP contribution in [0, 0.1) is 0 Å². The van der Waals surface area contributed by atoms with Crippen LogP contribution in [0.2, 0.25) is 0 Å². The second-order valence-electron chi connectivity index (χ2n) is 4.99. The van der Waals surface area contributed by atoms with Crippen molar-refractivity contribution in [2.45, 2.75) is 35.2 Å². The van der Waals surface area contributed by atoms with Gasteiger partial charge in [-0.05, 0) is 0 Å². The molecule has 1 aliphatic heterocycles. The number of fused-ring (bicyclic) bond motifs is 1. The maximum Gasteiger partial charge on any atom is 0.449 e. The molecule has 0 unspecified atom stereocenters. The number of imidazole rings is 1. The van der Waals surface area contributed by atoms with Gasteiger partial charge in [0.1, 0.15) is 23.8 Å². The molecule has 132 valence electrons. The summed E-state index contributed by atoms with van der Waals surface area (Å²) in [5.41, 5.74) is 0.932. The van der Waals surface area contributed by atoms with Crippen LogP contribution in [-0.4, -0.2) is 65.3 Å². The Bertz CT molecular complexity index is 757. The van der Waals surface area contributed by atoms with Crippen molar-refractivity contribution in [1.29, 1.82) is 0 Å². The molecule has 0 radical (unpaired) electrons. The Labute approximate surface area is 136 Å². The molecule has 1 aliphatic rings. The van der Waals surface area contributed by atoms with E-state index in [1.54, 1.807) is 0 Å². The van der Waals surface area contributed by atoms with E-state index in [4.69, 9.17) is 15.6 Å². The van der Waals surface area contributed by atoms with Gasteiger partial charge in [0.2, 0.25) is 0 Å². The third-order valence-corrected chi connectivity index (χ3v) is 4.02. The Kier molecular flexibility index (Phi) is 4.29. The number of anilines is 1. The zero-order valence-corrected chi connectivity index (χ0v) is 12.6. The summed E-state index contributed by atoms with van der Waals surface area (Å²) in [4.78, 5) is 11.2. The summed E-state index contributed by atoms with van der Waals surface area (Å²) in [6.07, 6.45) is -3.90. The molecule has 0 bridgehead atoms. The van der Waals surface area contributed by atoms with E-state index in [9.17, 15) is 23.4 Å². The van der Waals surface area contributed by atoms with Gasteiger partial charge in [-0.3, -0.25) is 4.57 Å². The summed E-state index contributed by atoms with van der Waals surface area (Å²) in [6.45, 7) is -0.548. The van der Waals surface area contributed by atoms with Crippen molar-refractivity contribution in [3.8, 4) is 0 Å². The summed E-state index contributed by atoms with van der Waals surface area (Å²) in [7, 11) is 0. The van der Waals surface area contributed by atoms with Crippen LogP contribution in [0.15, 0.2) is 11.5 Å². The number of aliphatic hydroxyl groups is 3. The molecule has 1 fully saturated rings. The second kappa shape index (κ2) is 6.00. The van der Waals surface area contributed by atoms with E-state index in [1.165, 1.54) is 0 Å². The Morgan fingerprint density at radius 3 is 2.58 bits per heavy atom. The highest BCUT2D eigenvalue weighted by atomic mass is 32.2. The SMILES string of the molecule is Nc1nc(SC(F)(F)F)nc2c1ncn2[C@H]1O[C@@H](CO)[C@@H](O)[C@H]1O. The fourth-order valence-electron chi connectivity index (χ4n) is 2.36. The molecule has 2 aromatic rings. The van der Waals surface area contributed by atoms with E-state index in [1.807, 2.05) is 0 Å².